The Morgan fingerprint density at radius 1 is 1.10 bits per heavy atom. The summed E-state index contributed by atoms with van der Waals surface area (Å²) >= 11 is 0. The van der Waals surface area contributed by atoms with Gasteiger partial charge in [0.1, 0.15) is 5.69 Å². The zero-order valence-corrected chi connectivity index (χ0v) is 12.8. The third kappa shape index (κ3) is 3.55. The predicted molar refractivity (Wildman–Crippen MR) is 81.1 cm³/mol. The molecule has 1 aromatic heterocycles. The van der Waals surface area contributed by atoms with Crippen LogP contribution in [0.2, 0.25) is 0 Å². The summed E-state index contributed by atoms with van der Waals surface area (Å²) in [5.74, 6) is 0.599. The van der Waals surface area contributed by atoms with Crippen LogP contribution in [-0.2, 0) is 17.6 Å². The van der Waals surface area contributed by atoms with Crippen LogP contribution < -0.4 is 4.74 Å². The van der Waals surface area contributed by atoms with Crippen LogP contribution in [0.5, 0.6) is 5.75 Å². The fourth-order valence-corrected chi connectivity index (χ4v) is 2.35. The van der Waals surface area contributed by atoms with E-state index in [0.29, 0.717) is 12.4 Å². The maximum absolute atomic E-state index is 5.62. The highest BCUT2D eigenvalue weighted by Gasteiger charge is 2.14. The number of aryl methyl sites for hydroxylation is 1. The summed E-state index contributed by atoms with van der Waals surface area (Å²) in [7, 11) is 0. The maximum atomic E-state index is 5.62. The van der Waals surface area contributed by atoms with Gasteiger partial charge in [-0.05, 0) is 36.1 Å². The first-order chi connectivity index (χ1) is 10.3. The fraction of sp³-hybridized carbons (Fsp3) is 0.438. The molecule has 0 aliphatic rings. The summed E-state index contributed by atoms with van der Waals surface area (Å²) in [5.41, 5.74) is 4.38. The first kappa shape index (κ1) is 15.4. The molecule has 0 atom stereocenters. The van der Waals surface area contributed by atoms with Crippen LogP contribution in [0.3, 0.4) is 0 Å². The van der Waals surface area contributed by atoms with E-state index in [9.17, 15) is 0 Å². The highest BCUT2D eigenvalue weighted by atomic mass is 16.7. The summed E-state index contributed by atoms with van der Waals surface area (Å²) in [6.07, 6.45) is 3.51. The van der Waals surface area contributed by atoms with Crippen LogP contribution in [0.1, 0.15) is 31.9 Å². The van der Waals surface area contributed by atoms with Crippen LogP contribution >= 0.6 is 0 Å². The van der Waals surface area contributed by atoms with Crippen molar-refractivity contribution in [1.29, 1.82) is 0 Å². The lowest BCUT2D eigenvalue weighted by Crippen LogP contribution is -2.06. The number of hydrogen-bond donors (Lipinski definition) is 0. The molecule has 112 valence electrons. The lowest BCUT2D eigenvalue weighted by Gasteiger charge is -2.14. The van der Waals surface area contributed by atoms with Gasteiger partial charge in [0.2, 0.25) is 0 Å². The SMILES string of the molecule is CCOCOc1cnnnc1-c1cccc(CC)c1CC. The van der Waals surface area contributed by atoms with E-state index < -0.39 is 0 Å². The van der Waals surface area contributed by atoms with E-state index in [4.69, 9.17) is 9.47 Å². The molecule has 0 amide bonds. The molecule has 0 saturated heterocycles. The number of rotatable bonds is 7. The van der Waals surface area contributed by atoms with Gasteiger partial charge < -0.3 is 9.47 Å². The molecule has 5 heteroatoms. The van der Waals surface area contributed by atoms with Crippen LogP contribution in [0.25, 0.3) is 11.3 Å². The molecule has 0 bridgehead atoms. The van der Waals surface area contributed by atoms with Crippen LogP contribution in [0, 0.1) is 0 Å². The van der Waals surface area contributed by atoms with Crippen molar-refractivity contribution in [3.8, 4) is 17.0 Å². The minimum Gasteiger partial charge on any atom is -0.463 e. The van der Waals surface area contributed by atoms with Crippen molar-refractivity contribution in [2.75, 3.05) is 13.4 Å². The van der Waals surface area contributed by atoms with E-state index in [0.717, 1.165) is 24.1 Å². The van der Waals surface area contributed by atoms with Gasteiger partial charge in [-0.3, -0.25) is 0 Å². The molecular formula is C16H21N3O2. The Labute approximate surface area is 125 Å². The number of hydrogen-bond acceptors (Lipinski definition) is 5. The predicted octanol–water partition coefficient (Wildman–Crippen LogP) is 3.04. The van der Waals surface area contributed by atoms with E-state index in [1.165, 1.54) is 11.1 Å². The summed E-state index contributed by atoms with van der Waals surface area (Å²) < 4.78 is 10.8. The average molecular weight is 287 g/mol. The quantitative estimate of drug-likeness (QED) is 0.578. The van der Waals surface area contributed by atoms with Crippen molar-refractivity contribution in [3.63, 3.8) is 0 Å². The molecule has 0 radical (unpaired) electrons. The lowest BCUT2D eigenvalue weighted by molar-refractivity contribution is 0.0222. The Kier molecular flexibility index (Phi) is 5.63. The van der Waals surface area contributed by atoms with E-state index in [-0.39, 0.29) is 6.79 Å². The zero-order valence-electron chi connectivity index (χ0n) is 12.8. The van der Waals surface area contributed by atoms with E-state index >= 15 is 0 Å². The first-order valence-corrected chi connectivity index (χ1v) is 7.31. The second kappa shape index (κ2) is 7.69. The normalized spacial score (nSPS) is 10.6. The molecule has 2 aromatic rings. The molecule has 5 nitrogen and oxygen atoms in total. The summed E-state index contributed by atoms with van der Waals surface area (Å²) in [6, 6.07) is 6.25. The van der Waals surface area contributed by atoms with Crippen molar-refractivity contribution in [1.82, 2.24) is 15.4 Å². The highest BCUT2D eigenvalue weighted by molar-refractivity contribution is 5.70. The van der Waals surface area contributed by atoms with Crippen LogP contribution in [-0.4, -0.2) is 28.8 Å². The van der Waals surface area contributed by atoms with Gasteiger partial charge in [0.25, 0.3) is 0 Å². The number of benzene rings is 1. The number of ether oxygens (including phenoxy) is 2. The number of aromatic nitrogens is 3. The third-order valence-corrected chi connectivity index (χ3v) is 3.37. The van der Waals surface area contributed by atoms with Crippen molar-refractivity contribution in [2.24, 2.45) is 0 Å². The lowest BCUT2D eigenvalue weighted by atomic mass is 9.95. The molecule has 0 spiro atoms. The van der Waals surface area contributed by atoms with Gasteiger partial charge in [-0.1, -0.05) is 32.0 Å². The van der Waals surface area contributed by atoms with Crippen LogP contribution in [0.4, 0.5) is 0 Å². The molecule has 2 rings (SSSR count). The molecule has 0 N–H and O–H groups in total. The topological polar surface area (TPSA) is 57.1 Å². The Hall–Kier alpha value is -2.01. The number of nitrogens with zero attached hydrogens (tertiary/aromatic N) is 3. The molecule has 0 unspecified atom stereocenters. The monoisotopic (exact) mass is 287 g/mol. The molecule has 0 fully saturated rings. The van der Waals surface area contributed by atoms with Crippen LogP contribution in [0.15, 0.2) is 24.4 Å². The molecule has 21 heavy (non-hydrogen) atoms. The standard InChI is InChI=1S/C16H21N3O2/c1-4-12-8-7-9-14(13(12)5-2)16-15(10-17-19-18-16)21-11-20-6-3/h7-10H,4-6,11H2,1-3H3. The Morgan fingerprint density at radius 2 is 1.95 bits per heavy atom. The van der Waals surface area contributed by atoms with Gasteiger partial charge in [0.15, 0.2) is 12.5 Å². The van der Waals surface area contributed by atoms with Gasteiger partial charge in [-0.25, -0.2) is 0 Å². The Bertz CT molecular complexity index is 587. The minimum absolute atomic E-state index is 0.186. The van der Waals surface area contributed by atoms with Crippen molar-refractivity contribution < 1.29 is 9.47 Å². The minimum atomic E-state index is 0.186. The summed E-state index contributed by atoms with van der Waals surface area (Å²) in [4.78, 5) is 0. The highest BCUT2D eigenvalue weighted by Crippen LogP contribution is 2.31. The van der Waals surface area contributed by atoms with Crippen molar-refractivity contribution >= 4 is 0 Å². The fourth-order valence-electron chi connectivity index (χ4n) is 2.35. The summed E-state index contributed by atoms with van der Waals surface area (Å²) in [6.45, 7) is 7.02. The van der Waals surface area contributed by atoms with E-state index in [2.05, 4.69) is 41.4 Å². The maximum Gasteiger partial charge on any atom is 0.189 e. The molecule has 0 aliphatic heterocycles. The van der Waals surface area contributed by atoms with Gasteiger partial charge in [-0.15, -0.1) is 10.2 Å². The van der Waals surface area contributed by atoms with Gasteiger partial charge in [-0.2, -0.15) is 0 Å². The van der Waals surface area contributed by atoms with E-state index in [1.807, 2.05) is 13.0 Å². The van der Waals surface area contributed by atoms with Gasteiger partial charge >= 0.3 is 0 Å². The van der Waals surface area contributed by atoms with E-state index in [1.54, 1.807) is 6.20 Å². The molecule has 1 heterocycles. The van der Waals surface area contributed by atoms with Crippen molar-refractivity contribution in [3.05, 3.63) is 35.5 Å². The molecule has 1 aromatic carbocycles. The largest absolute Gasteiger partial charge is 0.463 e. The average Bonchev–Trinajstić information content (AvgIpc) is 2.54. The summed E-state index contributed by atoms with van der Waals surface area (Å²) in [5, 5.41) is 11.7. The van der Waals surface area contributed by atoms with Gasteiger partial charge in [0, 0.05) is 12.2 Å². The van der Waals surface area contributed by atoms with Crippen molar-refractivity contribution in [2.45, 2.75) is 33.6 Å². The molecular weight excluding hydrogens is 266 g/mol. The Balaban J connectivity index is 2.42. The first-order valence-electron chi connectivity index (χ1n) is 7.31. The second-order valence-electron chi connectivity index (χ2n) is 4.55. The smallest absolute Gasteiger partial charge is 0.189 e. The molecule has 0 saturated carbocycles. The Morgan fingerprint density at radius 3 is 2.67 bits per heavy atom. The second-order valence-corrected chi connectivity index (χ2v) is 4.55. The third-order valence-electron chi connectivity index (χ3n) is 3.37. The zero-order chi connectivity index (χ0) is 15.1. The van der Waals surface area contributed by atoms with Gasteiger partial charge in [0.05, 0.1) is 6.20 Å². The molecule has 0 aliphatic carbocycles.